The topological polar surface area (TPSA) is 32.3 Å². The third-order valence-corrected chi connectivity index (χ3v) is 8.65. The van der Waals surface area contributed by atoms with E-state index in [-0.39, 0.29) is 6.98 Å². The van der Waals surface area contributed by atoms with Gasteiger partial charge in [0.15, 0.2) is 0 Å². The van der Waals surface area contributed by atoms with Crippen molar-refractivity contribution in [3.63, 3.8) is 0 Å². The Morgan fingerprint density at radius 1 is 0.442 bits per heavy atom. The predicted molar refractivity (Wildman–Crippen MR) is 178 cm³/mol. The van der Waals surface area contributed by atoms with E-state index in [9.17, 15) is 0 Å². The van der Waals surface area contributed by atoms with Gasteiger partial charge in [-0.05, 0) is 46.9 Å². The Balaban J connectivity index is 1.39. The Bertz CT molecular complexity index is 2150. The molecule has 5 heteroatoms. The van der Waals surface area contributed by atoms with Gasteiger partial charge in [0.25, 0.3) is 0 Å². The molecule has 0 atom stereocenters. The van der Waals surface area contributed by atoms with Crippen molar-refractivity contribution in [1.82, 2.24) is 9.97 Å². The van der Waals surface area contributed by atoms with E-state index in [2.05, 4.69) is 155 Å². The maximum Gasteiger partial charge on any atom is 0.424 e. The molecule has 3 heterocycles. The fourth-order valence-corrected chi connectivity index (χ4v) is 6.85. The van der Waals surface area contributed by atoms with Crippen LogP contribution in [-0.2, 0) is 0 Å². The van der Waals surface area contributed by atoms with Crippen molar-refractivity contribution >= 4 is 46.4 Å². The minimum Gasteiger partial charge on any atom is -0.361 e. The van der Waals surface area contributed by atoms with Crippen LogP contribution in [0.15, 0.2) is 152 Å². The monoisotopic (exact) mass is 548 g/mol. The maximum absolute atomic E-state index is 5.39. The van der Waals surface area contributed by atoms with Crippen molar-refractivity contribution < 1.29 is 0 Å². The third-order valence-electron chi connectivity index (χ3n) is 8.65. The highest BCUT2D eigenvalue weighted by molar-refractivity contribution is 6.86. The highest BCUT2D eigenvalue weighted by Gasteiger charge is 2.47. The van der Waals surface area contributed by atoms with Crippen LogP contribution in [0.4, 0.5) is 23.0 Å². The molecule has 1 aromatic heterocycles. The Hall–Kier alpha value is -5.68. The lowest BCUT2D eigenvalue weighted by atomic mass is 9.54. The Morgan fingerprint density at radius 3 is 1.72 bits per heavy atom. The zero-order valence-electron chi connectivity index (χ0n) is 23.3. The Kier molecular flexibility index (Phi) is 5.26. The van der Waals surface area contributed by atoms with E-state index in [0.29, 0.717) is 5.95 Å². The lowest BCUT2D eigenvalue weighted by Crippen LogP contribution is -2.62. The number of aromatic nitrogens is 2. The van der Waals surface area contributed by atoms with Gasteiger partial charge in [-0.3, -0.25) is 0 Å². The third kappa shape index (κ3) is 3.58. The first-order valence-electron chi connectivity index (χ1n) is 14.6. The number of para-hydroxylation sites is 4. The van der Waals surface area contributed by atoms with E-state index in [1.54, 1.807) is 0 Å². The molecule has 7 aromatic rings. The largest absolute Gasteiger partial charge is 0.424 e. The summed E-state index contributed by atoms with van der Waals surface area (Å²) in [7, 11) is 0. The maximum atomic E-state index is 5.39. The second kappa shape index (κ2) is 9.43. The summed E-state index contributed by atoms with van der Waals surface area (Å²) >= 11 is 0. The molecule has 0 spiro atoms. The Labute approximate surface area is 250 Å². The van der Waals surface area contributed by atoms with Crippen LogP contribution in [0.2, 0.25) is 0 Å². The molecule has 0 amide bonds. The van der Waals surface area contributed by atoms with E-state index in [4.69, 9.17) is 9.97 Å². The van der Waals surface area contributed by atoms with Gasteiger partial charge in [-0.15, -0.1) is 0 Å². The van der Waals surface area contributed by atoms with Crippen molar-refractivity contribution in [1.29, 1.82) is 0 Å². The fraction of sp³-hybridized carbons (Fsp3) is 0. The summed E-state index contributed by atoms with van der Waals surface area (Å²) in [6.45, 7) is -0.205. The summed E-state index contributed by atoms with van der Waals surface area (Å²) in [5, 5.41) is 1.04. The predicted octanol–water partition coefficient (Wildman–Crippen LogP) is 8.63. The molecule has 0 aliphatic carbocycles. The number of hydrogen-bond donors (Lipinski definition) is 0. The van der Waals surface area contributed by atoms with Crippen LogP contribution in [0.1, 0.15) is 0 Å². The molecule has 0 saturated carbocycles. The molecule has 0 saturated heterocycles. The highest BCUT2D eigenvalue weighted by atomic mass is 15.3. The van der Waals surface area contributed by atoms with Gasteiger partial charge in [0, 0.05) is 39.1 Å². The fourth-order valence-electron chi connectivity index (χ4n) is 6.85. The lowest BCUT2D eigenvalue weighted by molar-refractivity contribution is 1.13. The molecule has 2 aliphatic heterocycles. The summed E-state index contributed by atoms with van der Waals surface area (Å²) in [6.07, 6.45) is 0. The van der Waals surface area contributed by atoms with Crippen molar-refractivity contribution in [2.75, 3.05) is 9.62 Å². The van der Waals surface area contributed by atoms with Gasteiger partial charge in [-0.2, -0.15) is 0 Å². The molecular formula is C38H25BN4. The average molecular weight is 548 g/mol. The number of rotatable bonds is 3. The van der Waals surface area contributed by atoms with Gasteiger partial charge in [0.1, 0.15) is 0 Å². The molecule has 0 radical (unpaired) electrons. The van der Waals surface area contributed by atoms with Gasteiger partial charge < -0.3 is 9.62 Å². The molecule has 43 heavy (non-hydrogen) atoms. The standard InChI is InChI=1S/C38H25BN4/c1-3-14-26(15-4-1)37-32-20-7-10-23-33(32)40-38(41-37)43-35-25-12-9-19-29(35)31-22-13-21-30-28-18-8-11-24-34(28)42(39(43)36(30)31)27-16-5-2-6-17-27/h1-25H. The second-order valence-electron chi connectivity index (χ2n) is 11.0. The minimum absolute atomic E-state index is 0.205. The number of nitrogens with zero attached hydrogens (tertiary/aromatic N) is 4. The molecule has 4 nitrogen and oxygen atoms in total. The summed E-state index contributed by atoms with van der Waals surface area (Å²) in [5.74, 6) is 0.677. The van der Waals surface area contributed by atoms with Crippen LogP contribution in [0.25, 0.3) is 44.4 Å². The molecule has 0 fully saturated rings. The molecule has 200 valence electrons. The van der Waals surface area contributed by atoms with Crippen molar-refractivity contribution in [2.24, 2.45) is 0 Å². The number of anilines is 4. The quantitative estimate of drug-likeness (QED) is 0.207. The molecule has 6 aromatic carbocycles. The van der Waals surface area contributed by atoms with Gasteiger partial charge in [0.05, 0.1) is 11.2 Å². The second-order valence-corrected chi connectivity index (χ2v) is 11.0. The normalized spacial score (nSPS) is 13.0. The summed E-state index contributed by atoms with van der Waals surface area (Å²) in [6, 6.07) is 53.6. The Morgan fingerprint density at radius 2 is 1.00 bits per heavy atom. The number of hydrogen-bond acceptors (Lipinski definition) is 4. The van der Waals surface area contributed by atoms with E-state index in [1.807, 2.05) is 6.07 Å². The van der Waals surface area contributed by atoms with Crippen LogP contribution < -0.4 is 15.1 Å². The van der Waals surface area contributed by atoms with Crippen LogP contribution in [0, 0.1) is 0 Å². The smallest absolute Gasteiger partial charge is 0.361 e. The van der Waals surface area contributed by atoms with E-state index in [0.717, 1.165) is 39.2 Å². The highest BCUT2D eigenvalue weighted by Crippen LogP contribution is 2.48. The van der Waals surface area contributed by atoms with Crippen molar-refractivity contribution in [3.8, 4) is 33.5 Å². The van der Waals surface area contributed by atoms with Crippen LogP contribution in [-0.4, -0.2) is 17.0 Å². The molecule has 0 N–H and O–H groups in total. The van der Waals surface area contributed by atoms with Gasteiger partial charge >= 0.3 is 6.98 Å². The van der Waals surface area contributed by atoms with Crippen LogP contribution >= 0.6 is 0 Å². The van der Waals surface area contributed by atoms with E-state index in [1.165, 1.54) is 27.7 Å². The van der Waals surface area contributed by atoms with E-state index < -0.39 is 0 Å². The van der Waals surface area contributed by atoms with Gasteiger partial charge in [-0.1, -0.05) is 121 Å². The number of fused-ring (bicyclic) bond motifs is 5. The molecule has 0 bridgehead atoms. The zero-order valence-corrected chi connectivity index (χ0v) is 23.3. The first-order chi connectivity index (χ1) is 21.4. The van der Waals surface area contributed by atoms with Crippen LogP contribution in [0.3, 0.4) is 0 Å². The van der Waals surface area contributed by atoms with Gasteiger partial charge in [0.2, 0.25) is 5.95 Å². The summed E-state index contributed by atoms with van der Waals surface area (Å²) in [5.41, 5.74) is 12.5. The van der Waals surface area contributed by atoms with Crippen molar-refractivity contribution in [3.05, 3.63) is 152 Å². The molecule has 9 rings (SSSR count). The molecular weight excluding hydrogens is 523 g/mol. The summed E-state index contributed by atoms with van der Waals surface area (Å²) < 4.78 is 0. The summed E-state index contributed by atoms with van der Waals surface area (Å²) in [4.78, 5) is 15.5. The van der Waals surface area contributed by atoms with Crippen LogP contribution in [0.5, 0.6) is 0 Å². The number of benzene rings is 6. The van der Waals surface area contributed by atoms with E-state index >= 15 is 0 Å². The first-order valence-corrected chi connectivity index (χ1v) is 14.6. The van der Waals surface area contributed by atoms with Gasteiger partial charge in [-0.25, -0.2) is 9.97 Å². The SMILES string of the molecule is c1ccc(-c2nc(N3B4c5c(cccc5-c5ccccc53)-c3ccccc3N4c3ccccc3)nc3ccccc23)cc1. The zero-order chi connectivity index (χ0) is 28.3. The molecule has 0 unspecified atom stereocenters. The average Bonchev–Trinajstić information content (AvgIpc) is 3.09. The minimum atomic E-state index is -0.205. The first kappa shape index (κ1) is 24.0. The molecule has 2 aliphatic rings. The van der Waals surface area contributed by atoms with Crippen molar-refractivity contribution in [2.45, 2.75) is 0 Å². The lowest BCUT2D eigenvalue weighted by Gasteiger charge is -2.46.